The van der Waals surface area contributed by atoms with E-state index in [2.05, 4.69) is 18.3 Å². The molecule has 1 N–H and O–H groups in total. The second-order valence-electron chi connectivity index (χ2n) is 2.08. The van der Waals surface area contributed by atoms with Crippen molar-refractivity contribution in [2.45, 2.75) is 13.3 Å². The number of hydrogen-bond donors (Lipinski definition) is 1. The molecule has 0 fully saturated rings. The third-order valence-electron chi connectivity index (χ3n) is 1.29. The largest absolute Gasteiger partial charge is 0.391 e. The van der Waals surface area contributed by atoms with E-state index >= 15 is 0 Å². The first-order valence-corrected chi connectivity index (χ1v) is 2.79. The highest BCUT2D eigenvalue weighted by Crippen LogP contribution is 2.04. The van der Waals surface area contributed by atoms with Crippen LogP contribution >= 0.6 is 0 Å². The minimum Gasteiger partial charge on any atom is -0.391 e. The summed E-state index contributed by atoms with van der Waals surface area (Å²) in [4.78, 5) is 0. The van der Waals surface area contributed by atoms with Gasteiger partial charge < -0.3 is 5.32 Å². The molecule has 1 heteroatoms. The van der Waals surface area contributed by atoms with Gasteiger partial charge in [-0.2, -0.15) is 0 Å². The summed E-state index contributed by atoms with van der Waals surface area (Å²) in [5.74, 6) is 0.793. The number of hydrogen-bond acceptors (Lipinski definition) is 1. The first kappa shape index (κ1) is 4.69. The molecule has 1 aliphatic heterocycles. The van der Waals surface area contributed by atoms with Crippen molar-refractivity contribution in [3.8, 4) is 0 Å². The fourth-order valence-corrected chi connectivity index (χ4v) is 0.723. The van der Waals surface area contributed by atoms with Gasteiger partial charge in [-0.3, -0.25) is 0 Å². The molecule has 0 amide bonds. The molecule has 1 heterocycles. The fraction of sp³-hybridized carbons (Fsp3) is 0.667. The van der Waals surface area contributed by atoms with E-state index in [9.17, 15) is 0 Å². The van der Waals surface area contributed by atoms with Gasteiger partial charge in [-0.1, -0.05) is 13.0 Å². The molecular formula is C6H11N. The molecule has 1 unspecified atom stereocenters. The van der Waals surface area contributed by atoms with Crippen LogP contribution in [0, 0.1) is 5.92 Å². The number of nitrogens with one attached hydrogen (secondary N) is 1. The lowest BCUT2D eigenvalue weighted by molar-refractivity contribution is 0.590. The van der Waals surface area contributed by atoms with Crippen LogP contribution in [0.15, 0.2) is 12.3 Å². The SMILES string of the molecule is CC1C=CNCC1. The average molecular weight is 97.2 g/mol. The van der Waals surface area contributed by atoms with Crippen LogP contribution in [-0.4, -0.2) is 6.54 Å². The van der Waals surface area contributed by atoms with E-state index in [1.807, 2.05) is 6.20 Å². The summed E-state index contributed by atoms with van der Waals surface area (Å²) in [5, 5.41) is 3.13. The van der Waals surface area contributed by atoms with Crippen molar-refractivity contribution in [3.05, 3.63) is 12.3 Å². The maximum Gasteiger partial charge on any atom is 0.0146 e. The van der Waals surface area contributed by atoms with Gasteiger partial charge in [-0.25, -0.2) is 0 Å². The molecule has 0 bridgehead atoms. The molecule has 1 nitrogen and oxygen atoms in total. The van der Waals surface area contributed by atoms with Gasteiger partial charge in [0.2, 0.25) is 0 Å². The van der Waals surface area contributed by atoms with Crippen LogP contribution in [0.2, 0.25) is 0 Å². The molecule has 1 aliphatic rings. The minimum absolute atomic E-state index is 0.793. The molecule has 0 saturated carbocycles. The Balaban J connectivity index is 2.36. The molecule has 7 heavy (non-hydrogen) atoms. The van der Waals surface area contributed by atoms with E-state index in [1.54, 1.807) is 0 Å². The van der Waals surface area contributed by atoms with Gasteiger partial charge >= 0.3 is 0 Å². The summed E-state index contributed by atoms with van der Waals surface area (Å²) >= 11 is 0. The van der Waals surface area contributed by atoms with Gasteiger partial charge in [0.05, 0.1) is 0 Å². The van der Waals surface area contributed by atoms with Crippen molar-refractivity contribution in [3.63, 3.8) is 0 Å². The van der Waals surface area contributed by atoms with Crippen LogP contribution in [0.5, 0.6) is 0 Å². The van der Waals surface area contributed by atoms with Crippen molar-refractivity contribution < 1.29 is 0 Å². The Morgan fingerprint density at radius 1 is 1.71 bits per heavy atom. The Hall–Kier alpha value is -0.460. The highest BCUT2D eigenvalue weighted by Gasteiger charge is 1.97. The number of rotatable bonds is 0. The van der Waals surface area contributed by atoms with Gasteiger partial charge in [-0.05, 0) is 18.5 Å². The Labute approximate surface area is 44.4 Å². The molecule has 40 valence electrons. The zero-order valence-corrected chi connectivity index (χ0v) is 4.65. The van der Waals surface area contributed by atoms with Gasteiger partial charge in [0.25, 0.3) is 0 Å². The zero-order chi connectivity index (χ0) is 5.11. The Kier molecular flexibility index (Phi) is 1.35. The lowest BCUT2D eigenvalue weighted by Gasteiger charge is -2.10. The predicted molar refractivity (Wildman–Crippen MR) is 30.9 cm³/mol. The fourth-order valence-electron chi connectivity index (χ4n) is 0.723. The molecule has 1 atom stereocenters. The van der Waals surface area contributed by atoms with E-state index < -0.39 is 0 Å². The van der Waals surface area contributed by atoms with E-state index in [4.69, 9.17) is 0 Å². The standard InChI is InChI=1S/C6H11N/c1-6-2-4-7-5-3-6/h2,4,6-7H,3,5H2,1H3. The average Bonchev–Trinajstić information content (AvgIpc) is 1.69. The van der Waals surface area contributed by atoms with Crippen molar-refractivity contribution >= 4 is 0 Å². The molecule has 0 aromatic rings. The van der Waals surface area contributed by atoms with E-state index in [0.29, 0.717) is 0 Å². The smallest absolute Gasteiger partial charge is 0.0146 e. The summed E-state index contributed by atoms with van der Waals surface area (Å²) in [5.41, 5.74) is 0. The van der Waals surface area contributed by atoms with Gasteiger partial charge in [0, 0.05) is 6.54 Å². The Morgan fingerprint density at radius 3 is 2.86 bits per heavy atom. The second kappa shape index (κ2) is 2.01. The molecular weight excluding hydrogens is 86.1 g/mol. The Morgan fingerprint density at radius 2 is 2.57 bits per heavy atom. The van der Waals surface area contributed by atoms with Crippen molar-refractivity contribution in [1.82, 2.24) is 5.32 Å². The monoisotopic (exact) mass is 97.1 g/mol. The number of allylic oxidation sites excluding steroid dienone is 1. The van der Waals surface area contributed by atoms with Gasteiger partial charge in [0.1, 0.15) is 0 Å². The summed E-state index contributed by atoms with van der Waals surface area (Å²) in [6.07, 6.45) is 5.52. The van der Waals surface area contributed by atoms with Crippen molar-refractivity contribution in [2.75, 3.05) is 6.54 Å². The maximum atomic E-state index is 3.13. The van der Waals surface area contributed by atoms with Crippen LogP contribution in [0.25, 0.3) is 0 Å². The lowest BCUT2D eigenvalue weighted by atomic mass is 10.1. The third-order valence-corrected chi connectivity index (χ3v) is 1.29. The van der Waals surface area contributed by atoms with Crippen molar-refractivity contribution in [1.29, 1.82) is 0 Å². The summed E-state index contributed by atoms with van der Waals surface area (Å²) in [6.45, 7) is 3.38. The summed E-state index contributed by atoms with van der Waals surface area (Å²) in [7, 11) is 0. The van der Waals surface area contributed by atoms with Crippen LogP contribution < -0.4 is 5.32 Å². The molecule has 0 spiro atoms. The Bertz CT molecular complexity index is 76.2. The van der Waals surface area contributed by atoms with Crippen molar-refractivity contribution in [2.24, 2.45) is 5.92 Å². The zero-order valence-electron chi connectivity index (χ0n) is 4.65. The van der Waals surface area contributed by atoms with E-state index in [1.165, 1.54) is 6.42 Å². The van der Waals surface area contributed by atoms with Crippen LogP contribution in [0.1, 0.15) is 13.3 Å². The summed E-state index contributed by atoms with van der Waals surface area (Å²) in [6, 6.07) is 0. The normalized spacial score (nSPS) is 29.6. The summed E-state index contributed by atoms with van der Waals surface area (Å²) < 4.78 is 0. The topological polar surface area (TPSA) is 12.0 Å². The molecule has 0 radical (unpaired) electrons. The predicted octanol–water partition coefficient (Wildman–Crippen LogP) is 1.13. The van der Waals surface area contributed by atoms with Crippen LogP contribution in [0.4, 0.5) is 0 Å². The van der Waals surface area contributed by atoms with Gasteiger partial charge in [0.15, 0.2) is 0 Å². The van der Waals surface area contributed by atoms with Crippen LogP contribution in [0.3, 0.4) is 0 Å². The third kappa shape index (κ3) is 1.22. The first-order valence-electron chi connectivity index (χ1n) is 2.79. The van der Waals surface area contributed by atoms with Gasteiger partial charge in [-0.15, -0.1) is 0 Å². The molecule has 0 aromatic carbocycles. The molecule has 0 saturated heterocycles. The van der Waals surface area contributed by atoms with E-state index in [-0.39, 0.29) is 0 Å². The minimum atomic E-state index is 0.793. The second-order valence-corrected chi connectivity index (χ2v) is 2.08. The maximum absolute atomic E-state index is 3.13. The lowest BCUT2D eigenvalue weighted by Crippen LogP contribution is -2.14. The molecule has 0 aliphatic carbocycles. The highest BCUT2D eigenvalue weighted by molar-refractivity contribution is 4.89. The van der Waals surface area contributed by atoms with Crippen LogP contribution in [-0.2, 0) is 0 Å². The molecule has 1 rings (SSSR count). The molecule has 0 aromatic heterocycles. The van der Waals surface area contributed by atoms with E-state index in [0.717, 1.165) is 12.5 Å². The quantitative estimate of drug-likeness (QED) is 0.477. The highest BCUT2D eigenvalue weighted by atomic mass is 14.8. The first-order chi connectivity index (χ1) is 3.39.